The Morgan fingerprint density at radius 2 is 2.00 bits per heavy atom. The molecule has 1 atom stereocenters. The van der Waals surface area contributed by atoms with Crippen LogP contribution in [0.5, 0.6) is 0 Å². The lowest BCUT2D eigenvalue weighted by atomic mass is 10.2. The molecule has 0 saturated carbocycles. The van der Waals surface area contributed by atoms with E-state index in [9.17, 15) is 9.18 Å². The largest absolute Gasteiger partial charge is 0.380 e. The van der Waals surface area contributed by atoms with Gasteiger partial charge in [-0.3, -0.25) is 14.3 Å². The van der Waals surface area contributed by atoms with Crippen molar-refractivity contribution in [3.8, 4) is 11.3 Å². The number of aromatic nitrogens is 3. The van der Waals surface area contributed by atoms with E-state index in [0.717, 1.165) is 24.2 Å². The van der Waals surface area contributed by atoms with Gasteiger partial charge in [0, 0.05) is 55.9 Å². The van der Waals surface area contributed by atoms with Gasteiger partial charge in [0.25, 0.3) is 5.56 Å². The van der Waals surface area contributed by atoms with Crippen LogP contribution in [0.4, 0.5) is 16.0 Å². The molecule has 3 aromatic rings. The molecule has 1 aliphatic rings. The minimum Gasteiger partial charge on any atom is -0.380 e. The summed E-state index contributed by atoms with van der Waals surface area (Å²) in [6, 6.07) is 11.8. The Kier molecular flexibility index (Phi) is 4.58. The lowest BCUT2D eigenvalue weighted by Crippen LogP contribution is -2.32. The number of rotatable bonds is 4. The monoisotopic (exact) mass is 365 g/mol. The summed E-state index contributed by atoms with van der Waals surface area (Å²) in [5.41, 5.74) is 2.15. The summed E-state index contributed by atoms with van der Waals surface area (Å²) in [5, 5.41) is 3.36. The summed E-state index contributed by atoms with van der Waals surface area (Å²) in [5.74, 6) is 0.377. The first-order chi connectivity index (χ1) is 13.1. The average Bonchev–Trinajstić information content (AvgIpc) is 3.13. The van der Waals surface area contributed by atoms with Gasteiger partial charge in [-0.05, 0) is 36.8 Å². The van der Waals surface area contributed by atoms with Crippen LogP contribution >= 0.6 is 0 Å². The number of halogens is 1. The zero-order valence-corrected chi connectivity index (χ0v) is 15.0. The smallest absolute Gasteiger partial charge is 0.255 e. The van der Waals surface area contributed by atoms with Crippen molar-refractivity contribution in [2.24, 2.45) is 7.05 Å². The van der Waals surface area contributed by atoms with Crippen LogP contribution in [0.15, 0.2) is 59.7 Å². The predicted octanol–water partition coefficient (Wildman–Crippen LogP) is 2.67. The van der Waals surface area contributed by atoms with E-state index < -0.39 is 0 Å². The molecule has 3 heterocycles. The third-order valence-electron chi connectivity index (χ3n) is 4.75. The van der Waals surface area contributed by atoms with Gasteiger partial charge < -0.3 is 10.2 Å². The highest BCUT2D eigenvalue weighted by molar-refractivity contribution is 5.59. The summed E-state index contributed by atoms with van der Waals surface area (Å²) < 4.78 is 14.9. The van der Waals surface area contributed by atoms with E-state index in [4.69, 9.17) is 4.98 Å². The molecule has 0 spiro atoms. The van der Waals surface area contributed by atoms with Crippen molar-refractivity contribution in [2.75, 3.05) is 23.3 Å². The molecule has 2 aromatic heterocycles. The van der Waals surface area contributed by atoms with Gasteiger partial charge in [-0.2, -0.15) is 0 Å². The van der Waals surface area contributed by atoms with Crippen LogP contribution in [-0.2, 0) is 7.05 Å². The van der Waals surface area contributed by atoms with Crippen molar-refractivity contribution in [2.45, 2.75) is 12.5 Å². The van der Waals surface area contributed by atoms with Crippen LogP contribution < -0.4 is 15.8 Å². The Labute approximate surface area is 156 Å². The zero-order valence-electron chi connectivity index (χ0n) is 15.0. The maximum Gasteiger partial charge on any atom is 0.255 e. The number of hydrogen-bond acceptors (Lipinski definition) is 5. The van der Waals surface area contributed by atoms with Crippen molar-refractivity contribution in [3.05, 3.63) is 71.0 Å². The minimum atomic E-state index is -0.260. The minimum absolute atomic E-state index is 0.103. The van der Waals surface area contributed by atoms with Gasteiger partial charge in [0.05, 0.1) is 5.69 Å². The molecule has 1 unspecified atom stereocenters. The van der Waals surface area contributed by atoms with Crippen molar-refractivity contribution < 1.29 is 4.39 Å². The molecule has 0 bridgehead atoms. The second-order valence-corrected chi connectivity index (χ2v) is 6.66. The fourth-order valence-corrected chi connectivity index (χ4v) is 3.35. The van der Waals surface area contributed by atoms with Gasteiger partial charge in [0.1, 0.15) is 5.82 Å². The quantitative estimate of drug-likeness (QED) is 0.770. The molecule has 1 saturated heterocycles. The molecule has 6 nitrogen and oxygen atoms in total. The van der Waals surface area contributed by atoms with Gasteiger partial charge in [0.15, 0.2) is 0 Å². The maximum absolute atomic E-state index is 13.4. The molecule has 1 aromatic carbocycles. The first kappa shape index (κ1) is 17.2. The summed E-state index contributed by atoms with van der Waals surface area (Å²) in [6.07, 6.45) is 4.25. The first-order valence-corrected chi connectivity index (χ1v) is 8.86. The Hall–Kier alpha value is -3.22. The molecular weight excluding hydrogens is 345 g/mol. The number of pyridine rings is 1. The Morgan fingerprint density at radius 3 is 2.78 bits per heavy atom. The molecule has 138 valence electrons. The van der Waals surface area contributed by atoms with E-state index in [2.05, 4.69) is 15.2 Å². The predicted molar refractivity (Wildman–Crippen MR) is 103 cm³/mol. The van der Waals surface area contributed by atoms with E-state index >= 15 is 0 Å². The maximum atomic E-state index is 13.4. The molecule has 0 aliphatic carbocycles. The Morgan fingerprint density at radius 1 is 1.19 bits per heavy atom. The van der Waals surface area contributed by atoms with E-state index in [-0.39, 0.29) is 17.4 Å². The van der Waals surface area contributed by atoms with E-state index in [1.54, 1.807) is 30.1 Å². The number of benzene rings is 1. The topological polar surface area (TPSA) is 63.1 Å². The Balaban J connectivity index is 1.57. The molecule has 27 heavy (non-hydrogen) atoms. The van der Waals surface area contributed by atoms with Crippen molar-refractivity contribution >= 4 is 11.6 Å². The number of anilines is 2. The fraction of sp³-hybridized carbons (Fsp3) is 0.250. The van der Waals surface area contributed by atoms with Crippen LogP contribution in [0, 0.1) is 5.82 Å². The molecular formula is C20H20FN5O. The van der Waals surface area contributed by atoms with Crippen LogP contribution in [0.1, 0.15) is 6.42 Å². The molecule has 4 rings (SSSR count). The number of nitrogens with zero attached hydrogens (tertiary/aromatic N) is 4. The third kappa shape index (κ3) is 3.67. The normalized spacial score (nSPS) is 16.5. The fourth-order valence-electron chi connectivity index (χ4n) is 3.35. The van der Waals surface area contributed by atoms with Crippen LogP contribution in [0.3, 0.4) is 0 Å². The second kappa shape index (κ2) is 7.19. The average molecular weight is 365 g/mol. The highest BCUT2D eigenvalue weighted by Gasteiger charge is 2.25. The third-order valence-corrected chi connectivity index (χ3v) is 4.75. The van der Waals surface area contributed by atoms with E-state index in [1.807, 2.05) is 18.2 Å². The highest BCUT2D eigenvalue weighted by Crippen LogP contribution is 2.23. The van der Waals surface area contributed by atoms with Crippen LogP contribution in [-0.4, -0.2) is 33.7 Å². The molecule has 1 N–H and O–H groups in total. The summed E-state index contributed by atoms with van der Waals surface area (Å²) >= 11 is 0. The van der Waals surface area contributed by atoms with Gasteiger partial charge in [-0.25, -0.2) is 9.37 Å². The van der Waals surface area contributed by atoms with Crippen LogP contribution in [0.2, 0.25) is 0 Å². The SMILES string of the molecule is Cn1c(N2CCC(Nc3cccc(F)c3)C2)nc(-c2ccncc2)cc1=O. The second-order valence-electron chi connectivity index (χ2n) is 6.66. The zero-order chi connectivity index (χ0) is 18.8. The van der Waals surface area contributed by atoms with Crippen molar-refractivity contribution in [3.63, 3.8) is 0 Å². The summed E-state index contributed by atoms with van der Waals surface area (Å²) in [7, 11) is 1.73. The van der Waals surface area contributed by atoms with Crippen LogP contribution in [0.25, 0.3) is 11.3 Å². The molecule has 7 heteroatoms. The van der Waals surface area contributed by atoms with Crippen molar-refractivity contribution in [1.82, 2.24) is 14.5 Å². The molecule has 0 amide bonds. The Bertz CT molecular complexity index is 1000. The standard InChI is InChI=1S/C20H20FN5O/c1-25-19(27)12-18(14-5-8-22-9-6-14)24-20(25)26-10-7-17(13-26)23-16-4-2-3-15(21)11-16/h2-6,8-9,11-12,17,23H,7,10,13H2,1H3. The van der Waals surface area contributed by atoms with Gasteiger partial charge in [-0.15, -0.1) is 0 Å². The highest BCUT2D eigenvalue weighted by atomic mass is 19.1. The lowest BCUT2D eigenvalue weighted by molar-refractivity contribution is 0.627. The number of nitrogens with one attached hydrogen (secondary N) is 1. The number of hydrogen-bond donors (Lipinski definition) is 1. The lowest BCUT2D eigenvalue weighted by Gasteiger charge is -2.21. The molecule has 1 fully saturated rings. The summed E-state index contributed by atoms with van der Waals surface area (Å²) in [6.45, 7) is 1.46. The molecule has 0 radical (unpaired) electrons. The van der Waals surface area contributed by atoms with Gasteiger partial charge in [0.2, 0.25) is 5.95 Å². The summed E-state index contributed by atoms with van der Waals surface area (Å²) in [4.78, 5) is 23.2. The molecule has 1 aliphatic heterocycles. The van der Waals surface area contributed by atoms with E-state index in [0.29, 0.717) is 18.2 Å². The first-order valence-electron chi connectivity index (χ1n) is 8.86. The van der Waals surface area contributed by atoms with E-state index in [1.165, 1.54) is 18.2 Å². The van der Waals surface area contributed by atoms with Crippen molar-refractivity contribution in [1.29, 1.82) is 0 Å². The van der Waals surface area contributed by atoms with Gasteiger partial charge >= 0.3 is 0 Å². The van der Waals surface area contributed by atoms with Gasteiger partial charge in [-0.1, -0.05) is 6.07 Å².